The molecule has 3 unspecified atom stereocenters. The number of nitrogens with zero attached hydrogens (tertiary/aromatic N) is 4. The maximum atomic E-state index is 13.7. The van der Waals surface area contributed by atoms with Crippen molar-refractivity contribution in [2.75, 3.05) is 13.2 Å². The highest BCUT2D eigenvalue weighted by Gasteiger charge is 2.59. The molecule has 0 bridgehead atoms. The summed E-state index contributed by atoms with van der Waals surface area (Å²) in [4.78, 5) is 53.0. The molecule has 12 heteroatoms. The second-order valence-corrected chi connectivity index (χ2v) is 10.3. The smallest absolute Gasteiger partial charge is 0.340 e. The fourth-order valence-electron chi connectivity index (χ4n) is 5.11. The van der Waals surface area contributed by atoms with Crippen LogP contribution in [0.5, 0.6) is 0 Å². The zero-order valence-corrected chi connectivity index (χ0v) is 24.1. The lowest BCUT2D eigenvalue weighted by molar-refractivity contribution is -0.126. The maximum absolute atomic E-state index is 13.7. The molecule has 0 saturated carbocycles. The van der Waals surface area contributed by atoms with E-state index in [1.807, 2.05) is 0 Å². The summed E-state index contributed by atoms with van der Waals surface area (Å²) in [5, 5.41) is 0.0754. The fourth-order valence-corrected chi connectivity index (χ4v) is 5.28. The lowest BCUT2D eigenvalue weighted by Gasteiger charge is -2.36. The SMILES string of the molecule is Cc1nc2c(Cl)ncnc2n1C1(OC(=O)c2ccccc2)COC(COC(=O)c2ccccc2)C1OC(=O)c1ccccc1. The van der Waals surface area contributed by atoms with Crippen molar-refractivity contribution in [3.63, 3.8) is 0 Å². The van der Waals surface area contributed by atoms with Crippen LogP contribution in [0.25, 0.3) is 11.2 Å². The van der Waals surface area contributed by atoms with E-state index in [4.69, 9.17) is 30.5 Å². The molecule has 11 nitrogen and oxygen atoms in total. The van der Waals surface area contributed by atoms with Crippen molar-refractivity contribution in [1.82, 2.24) is 19.5 Å². The van der Waals surface area contributed by atoms with Crippen LogP contribution in [0.15, 0.2) is 97.3 Å². The average Bonchev–Trinajstić information content (AvgIpc) is 3.58. The highest BCUT2D eigenvalue weighted by Crippen LogP contribution is 2.40. The van der Waals surface area contributed by atoms with Crippen LogP contribution in [0.4, 0.5) is 0 Å². The number of hydrogen-bond donors (Lipinski definition) is 0. The average molecular weight is 613 g/mol. The van der Waals surface area contributed by atoms with Crippen LogP contribution in [-0.4, -0.2) is 62.8 Å². The van der Waals surface area contributed by atoms with E-state index in [1.165, 1.54) is 10.9 Å². The summed E-state index contributed by atoms with van der Waals surface area (Å²) < 4.78 is 25.6. The Kier molecular flexibility index (Phi) is 8.05. The largest absolute Gasteiger partial charge is 0.459 e. The minimum atomic E-state index is -1.85. The van der Waals surface area contributed by atoms with Crippen molar-refractivity contribution in [2.45, 2.75) is 24.9 Å². The molecule has 3 atom stereocenters. The monoisotopic (exact) mass is 612 g/mol. The van der Waals surface area contributed by atoms with E-state index in [2.05, 4.69) is 15.0 Å². The van der Waals surface area contributed by atoms with E-state index in [9.17, 15) is 14.4 Å². The van der Waals surface area contributed by atoms with Crippen molar-refractivity contribution >= 4 is 40.7 Å². The summed E-state index contributed by atoms with van der Waals surface area (Å²) in [7, 11) is 0. The van der Waals surface area contributed by atoms with Gasteiger partial charge in [0.25, 0.3) is 5.72 Å². The number of fused-ring (bicyclic) bond motifs is 1. The highest BCUT2D eigenvalue weighted by molar-refractivity contribution is 6.33. The van der Waals surface area contributed by atoms with Gasteiger partial charge in [0.1, 0.15) is 37.0 Å². The topological polar surface area (TPSA) is 132 Å². The quantitative estimate of drug-likeness (QED) is 0.137. The zero-order valence-electron chi connectivity index (χ0n) is 23.3. The number of ether oxygens (including phenoxy) is 4. The third-order valence-electron chi connectivity index (χ3n) is 7.14. The molecule has 1 aliphatic rings. The van der Waals surface area contributed by atoms with E-state index in [-0.39, 0.29) is 40.7 Å². The molecule has 1 saturated heterocycles. The number of carbonyl (C=O) groups excluding carboxylic acids is 3. The van der Waals surface area contributed by atoms with Gasteiger partial charge in [0.15, 0.2) is 16.9 Å². The predicted octanol–water partition coefficient (Wildman–Crippen LogP) is 4.78. The van der Waals surface area contributed by atoms with Gasteiger partial charge in [-0.05, 0) is 43.3 Å². The van der Waals surface area contributed by atoms with Gasteiger partial charge in [-0.3, -0.25) is 4.57 Å². The molecule has 3 heterocycles. The van der Waals surface area contributed by atoms with Crippen LogP contribution < -0.4 is 0 Å². The second kappa shape index (κ2) is 12.2. The molecular weight excluding hydrogens is 588 g/mol. The summed E-state index contributed by atoms with van der Waals surface area (Å²) in [6.45, 7) is 1.03. The Balaban J connectivity index is 1.45. The lowest BCUT2D eigenvalue weighted by Crippen LogP contribution is -2.53. The molecule has 1 aliphatic heterocycles. The normalized spacial score (nSPS) is 19.4. The van der Waals surface area contributed by atoms with Gasteiger partial charge in [-0.15, -0.1) is 0 Å². The maximum Gasteiger partial charge on any atom is 0.340 e. The van der Waals surface area contributed by atoms with Gasteiger partial charge in [0.2, 0.25) is 0 Å². The van der Waals surface area contributed by atoms with Gasteiger partial charge in [0.05, 0.1) is 16.7 Å². The molecule has 3 aromatic carbocycles. The number of halogens is 1. The highest BCUT2D eigenvalue weighted by atomic mass is 35.5. The van der Waals surface area contributed by atoms with E-state index in [1.54, 1.807) is 97.9 Å². The molecule has 44 heavy (non-hydrogen) atoms. The van der Waals surface area contributed by atoms with Gasteiger partial charge in [-0.1, -0.05) is 66.2 Å². The van der Waals surface area contributed by atoms with Gasteiger partial charge >= 0.3 is 17.9 Å². The van der Waals surface area contributed by atoms with Gasteiger partial charge in [-0.2, -0.15) is 0 Å². The molecule has 6 rings (SSSR count). The predicted molar refractivity (Wildman–Crippen MR) is 157 cm³/mol. The number of benzene rings is 3. The zero-order chi connectivity index (χ0) is 30.7. The Labute approximate surface area is 256 Å². The number of aromatic nitrogens is 4. The summed E-state index contributed by atoms with van der Waals surface area (Å²) >= 11 is 6.36. The van der Waals surface area contributed by atoms with Crippen molar-refractivity contribution in [3.8, 4) is 0 Å². The Bertz CT molecular complexity index is 1820. The summed E-state index contributed by atoms with van der Waals surface area (Å²) in [5.74, 6) is -1.71. The minimum absolute atomic E-state index is 0.0754. The number of carbonyl (C=O) groups is 3. The van der Waals surface area contributed by atoms with E-state index < -0.39 is 35.8 Å². The third kappa shape index (κ3) is 5.50. The van der Waals surface area contributed by atoms with E-state index >= 15 is 0 Å². The van der Waals surface area contributed by atoms with Crippen LogP contribution in [0.2, 0.25) is 5.15 Å². The first-order valence-electron chi connectivity index (χ1n) is 13.6. The van der Waals surface area contributed by atoms with Crippen molar-refractivity contribution in [1.29, 1.82) is 0 Å². The number of hydrogen-bond acceptors (Lipinski definition) is 10. The van der Waals surface area contributed by atoms with Gasteiger partial charge in [-0.25, -0.2) is 29.3 Å². The molecule has 0 amide bonds. The van der Waals surface area contributed by atoms with Crippen LogP contribution in [0.3, 0.4) is 0 Å². The van der Waals surface area contributed by atoms with E-state index in [0.29, 0.717) is 11.4 Å². The van der Waals surface area contributed by atoms with Crippen LogP contribution in [0.1, 0.15) is 36.9 Å². The first-order valence-corrected chi connectivity index (χ1v) is 14.0. The standard InChI is InChI=1S/C32H25ClN4O7/c1-20-36-25-27(33)34-19-35-28(25)37(20)32(44-31(40)23-15-9-4-10-16-23)18-42-24(17-41-29(38)21-11-5-2-6-12-21)26(32)43-30(39)22-13-7-3-8-14-22/h2-16,19,24,26H,17-18H2,1H3. The third-order valence-corrected chi connectivity index (χ3v) is 7.42. The second-order valence-electron chi connectivity index (χ2n) is 9.94. The Morgan fingerprint density at radius 2 is 1.43 bits per heavy atom. The number of rotatable bonds is 8. The Morgan fingerprint density at radius 3 is 2.05 bits per heavy atom. The fraction of sp³-hybridized carbons (Fsp3) is 0.188. The summed E-state index contributed by atoms with van der Waals surface area (Å²) in [6, 6.07) is 25.1. The molecule has 0 N–H and O–H groups in total. The molecule has 222 valence electrons. The molecular formula is C32H25ClN4O7. The lowest BCUT2D eigenvalue weighted by atomic mass is 10.0. The van der Waals surface area contributed by atoms with Crippen molar-refractivity contribution in [3.05, 3.63) is 125 Å². The summed E-state index contributed by atoms with van der Waals surface area (Å²) in [5.41, 5.74) is -0.567. The molecule has 2 aromatic heterocycles. The minimum Gasteiger partial charge on any atom is -0.459 e. The van der Waals surface area contributed by atoms with Gasteiger partial charge < -0.3 is 18.9 Å². The van der Waals surface area contributed by atoms with Crippen LogP contribution in [-0.2, 0) is 24.7 Å². The molecule has 0 aliphatic carbocycles. The molecule has 1 fully saturated rings. The van der Waals surface area contributed by atoms with E-state index in [0.717, 1.165) is 0 Å². The molecule has 0 spiro atoms. The van der Waals surface area contributed by atoms with Crippen LogP contribution >= 0.6 is 11.6 Å². The van der Waals surface area contributed by atoms with Crippen LogP contribution in [0, 0.1) is 6.92 Å². The van der Waals surface area contributed by atoms with Crippen molar-refractivity contribution < 1.29 is 33.3 Å². The number of imidazole rings is 1. The first-order chi connectivity index (χ1) is 21.4. The Hall–Kier alpha value is -5.13. The van der Waals surface area contributed by atoms with Crippen molar-refractivity contribution in [2.24, 2.45) is 0 Å². The molecule has 0 radical (unpaired) electrons. The first kappa shape index (κ1) is 29.0. The number of esters is 3. The molecule has 5 aromatic rings. The Morgan fingerprint density at radius 1 is 0.864 bits per heavy atom. The summed E-state index contributed by atoms with van der Waals surface area (Å²) in [6.07, 6.45) is -1.15. The number of aryl methyl sites for hydroxylation is 1. The van der Waals surface area contributed by atoms with Gasteiger partial charge in [0, 0.05) is 0 Å².